The molecule has 3 rings (SSSR count). The second-order valence-corrected chi connectivity index (χ2v) is 6.55. The highest BCUT2D eigenvalue weighted by Gasteiger charge is 2.19. The summed E-state index contributed by atoms with van der Waals surface area (Å²) in [7, 11) is 2.10. The number of ether oxygens (including phenoxy) is 2. The summed E-state index contributed by atoms with van der Waals surface area (Å²) >= 11 is 0. The summed E-state index contributed by atoms with van der Waals surface area (Å²) in [4.78, 5) is 11.5. The molecule has 1 atom stereocenters. The van der Waals surface area contributed by atoms with Gasteiger partial charge in [0.05, 0.1) is 25.9 Å². The van der Waals surface area contributed by atoms with Gasteiger partial charge in [-0.25, -0.2) is 9.97 Å². The molecule has 1 saturated heterocycles. The van der Waals surface area contributed by atoms with Gasteiger partial charge in [0.15, 0.2) is 0 Å². The van der Waals surface area contributed by atoms with Crippen molar-refractivity contribution in [2.75, 3.05) is 33.4 Å². The van der Waals surface area contributed by atoms with Gasteiger partial charge in [0.25, 0.3) is 0 Å². The monoisotopic (exact) mass is 305 g/mol. The van der Waals surface area contributed by atoms with Crippen LogP contribution in [0.3, 0.4) is 0 Å². The van der Waals surface area contributed by atoms with Crippen LogP contribution in [0.4, 0.5) is 0 Å². The highest BCUT2D eigenvalue weighted by molar-refractivity contribution is 5.08. The lowest BCUT2D eigenvalue weighted by Crippen LogP contribution is -2.38. The van der Waals surface area contributed by atoms with E-state index >= 15 is 0 Å². The minimum Gasteiger partial charge on any atom is -0.376 e. The third-order valence-electron chi connectivity index (χ3n) is 4.55. The summed E-state index contributed by atoms with van der Waals surface area (Å²) in [6.45, 7) is 3.85. The van der Waals surface area contributed by atoms with Crippen LogP contribution in [0, 0.1) is 0 Å². The minimum atomic E-state index is 0.182. The van der Waals surface area contributed by atoms with E-state index in [-0.39, 0.29) is 6.10 Å². The lowest BCUT2D eigenvalue weighted by atomic mass is 9.89. The molecule has 22 heavy (non-hydrogen) atoms. The van der Waals surface area contributed by atoms with Crippen molar-refractivity contribution in [1.82, 2.24) is 14.9 Å². The third-order valence-corrected chi connectivity index (χ3v) is 4.55. The molecular weight excluding hydrogens is 278 g/mol. The molecule has 5 nitrogen and oxygen atoms in total. The first-order valence-electron chi connectivity index (χ1n) is 8.50. The fourth-order valence-electron chi connectivity index (χ4n) is 3.38. The normalized spacial score (nSPS) is 23.8. The summed E-state index contributed by atoms with van der Waals surface area (Å²) in [5.74, 6) is 1.61. The Hall–Kier alpha value is -1.04. The van der Waals surface area contributed by atoms with Crippen molar-refractivity contribution in [2.45, 2.75) is 50.7 Å². The van der Waals surface area contributed by atoms with Crippen molar-refractivity contribution in [2.24, 2.45) is 0 Å². The highest BCUT2D eigenvalue weighted by atomic mass is 16.6. The number of aromatic nitrogens is 2. The van der Waals surface area contributed by atoms with Gasteiger partial charge in [-0.1, -0.05) is 19.3 Å². The Bertz CT molecular complexity index is 440. The molecule has 2 fully saturated rings. The average Bonchev–Trinajstić information content (AvgIpc) is 2.57. The summed E-state index contributed by atoms with van der Waals surface area (Å²) in [5.41, 5.74) is 1.17. The number of rotatable bonds is 5. The number of likely N-dealkylation sites (N-methyl/N-ethyl adjacent to an activating group) is 1. The predicted octanol–water partition coefficient (Wildman–Crippen LogP) is 2.37. The molecule has 1 saturated carbocycles. The van der Waals surface area contributed by atoms with E-state index in [1.54, 1.807) is 0 Å². The van der Waals surface area contributed by atoms with Crippen molar-refractivity contribution < 1.29 is 9.47 Å². The molecular formula is C17H27N3O2. The smallest absolute Gasteiger partial charge is 0.131 e. The quantitative estimate of drug-likeness (QED) is 0.836. The zero-order valence-corrected chi connectivity index (χ0v) is 13.5. The zero-order chi connectivity index (χ0) is 15.2. The fourth-order valence-corrected chi connectivity index (χ4v) is 3.38. The molecule has 122 valence electrons. The number of hydrogen-bond acceptors (Lipinski definition) is 5. The molecule has 0 amide bonds. The SMILES string of the molecule is CN(Cc1cnc(C2CCCCC2)nc1)CC1COCCO1. The van der Waals surface area contributed by atoms with Crippen LogP contribution in [0.15, 0.2) is 12.4 Å². The van der Waals surface area contributed by atoms with E-state index in [4.69, 9.17) is 9.47 Å². The van der Waals surface area contributed by atoms with Gasteiger partial charge in [0.1, 0.15) is 5.82 Å². The van der Waals surface area contributed by atoms with E-state index in [1.165, 1.54) is 37.7 Å². The molecule has 1 aromatic heterocycles. The second kappa shape index (κ2) is 7.99. The average molecular weight is 305 g/mol. The van der Waals surface area contributed by atoms with Crippen LogP contribution >= 0.6 is 0 Å². The Labute approximate surface area is 133 Å². The first-order chi connectivity index (χ1) is 10.8. The second-order valence-electron chi connectivity index (χ2n) is 6.55. The van der Waals surface area contributed by atoms with Gasteiger partial charge in [-0.15, -0.1) is 0 Å². The summed E-state index contributed by atoms with van der Waals surface area (Å²) < 4.78 is 11.1. The predicted molar refractivity (Wildman–Crippen MR) is 84.8 cm³/mol. The molecule has 1 aliphatic carbocycles. The first kappa shape index (κ1) is 15.8. The van der Waals surface area contributed by atoms with E-state index in [9.17, 15) is 0 Å². The minimum absolute atomic E-state index is 0.182. The van der Waals surface area contributed by atoms with E-state index in [0.717, 1.165) is 25.5 Å². The topological polar surface area (TPSA) is 47.5 Å². The molecule has 2 heterocycles. The lowest BCUT2D eigenvalue weighted by Gasteiger charge is -2.27. The van der Waals surface area contributed by atoms with Crippen molar-refractivity contribution in [3.8, 4) is 0 Å². The van der Waals surface area contributed by atoms with E-state index in [1.807, 2.05) is 12.4 Å². The van der Waals surface area contributed by atoms with Crippen LogP contribution in [0.25, 0.3) is 0 Å². The Morgan fingerprint density at radius 3 is 2.59 bits per heavy atom. The summed E-state index contributed by atoms with van der Waals surface area (Å²) in [5, 5.41) is 0. The van der Waals surface area contributed by atoms with Gasteiger partial charge in [-0.3, -0.25) is 4.90 Å². The Morgan fingerprint density at radius 2 is 1.91 bits per heavy atom. The summed E-state index contributed by atoms with van der Waals surface area (Å²) in [6.07, 6.45) is 10.7. The van der Waals surface area contributed by atoms with Gasteiger partial charge in [-0.05, 0) is 19.9 Å². The summed E-state index contributed by atoms with van der Waals surface area (Å²) in [6, 6.07) is 0. The molecule has 1 unspecified atom stereocenters. The van der Waals surface area contributed by atoms with Gasteiger partial charge in [-0.2, -0.15) is 0 Å². The molecule has 1 aromatic rings. The number of nitrogens with zero attached hydrogens (tertiary/aromatic N) is 3. The highest BCUT2D eigenvalue weighted by Crippen LogP contribution is 2.30. The molecule has 5 heteroatoms. The standard InChI is InChI=1S/C17H27N3O2/c1-20(12-16-13-21-7-8-22-16)11-14-9-18-17(19-10-14)15-5-3-2-4-6-15/h9-10,15-16H,2-8,11-13H2,1H3. The van der Waals surface area contributed by atoms with Crippen LogP contribution in [0.1, 0.15) is 49.4 Å². The van der Waals surface area contributed by atoms with Crippen molar-refractivity contribution in [3.63, 3.8) is 0 Å². The molecule has 0 radical (unpaired) electrons. The third kappa shape index (κ3) is 4.48. The van der Waals surface area contributed by atoms with E-state index in [0.29, 0.717) is 19.1 Å². The fraction of sp³-hybridized carbons (Fsp3) is 0.765. The van der Waals surface area contributed by atoms with Crippen LogP contribution in [0.5, 0.6) is 0 Å². The maximum absolute atomic E-state index is 5.69. The molecule has 0 bridgehead atoms. The molecule has 1 aliphatic heterocycles. The van der Waals surface area contributed by atoms with Gasteiger partial charge in [0, 0.05) is 37.0 Å². The van der Waals surface area contributed by atoms with Crippen molar-refractivity contribution >= 4 is 0 Å². The molecule has 0 N–H and O–H groups in total. The van der Waals surface area contributed by atoms with Crippen molar-refractivity contribution in [1.29, 1.82) is 0 Å². The van der Waals surface area contributed by atoms with Gasteiger partial charge < -0.3 is 9.47 Å². The van der Waals surface area contributed by atoms with Crippen molar-refractivity contribution in [3.05, 3.63) is 23.8 Å². The van der Waals surface area contributed by atoms with Crippen LogP contribution in [0.2, 0.25) is 0 Å². The van der Waals surface area contributed by atoms with Gasteiger partial charge >= 0.3 is 0 Å². The Balaban J connectivity index is 1.49. The molecule has 0 spiro atoms. The van der Waals surface area contributed by atoms with Crippen LogP contribution < -0.4 is 0 Å². The molecule has 0 aromatic carbocycles. The Morgan fingerprint density at radius 1 is 1.14 bits per heavy atom. The van der Waals surface area contributed by atoms with Crippen LogP contribution in [-0.2, 0) is 16.0 Å². The Kier molecular flexibility index (Phi) is 5.76. The number of hydrogen-bond donors (Lipinski definition) is 0. The zero-order valence-electron chi connectivity index (χ0n) is 13.5. The molecule has 2 aliphatic rings. The maximum Gasteiger partial charge on any atom is 0.131 e. The van der Waals surface area contributed by atoms with E-state index in [2.05, 4.69) is 21.9 Å². The van der Waals surface area contributed by atoms with E-state index < -0.39 is 0 Å². The first-order valence-corrected chi connectivity index (χ1v) is 8.50. The van der Waals surface area contributed by atoms with Gasteiger partial charge in [0.2, 0.25) is 0 Å². The van der Waals surface area contributed by atoms with Crippen LogP contribution in [-0.4, -0.2) is 54.4 Å². The largest absolute Gasteiger partial charge is 0.376 e. The maximum atomic E-state index is 5.69. The lowest BCUT2D eigenvalue weighted by molar-refractivity contribution is -0.0963.